The number of nitrogen functional groups attached to an aromatic ring is 2. The van der Waals surface area contributed by atoms with E-state index in [0.717, 1.165) is 11.1 Å². The number of H-pyrrole nitrogens is 2. The van der Waals surface area contributed by atoms with Crippen molar-refractivity contribution in [1.29, 1.82) is 5.26 Å². The zero-order valence-corrected chi connectivity index (χ0v) is 81.6. The smallest absolute Gasteiger partial charge is 0.311 e. The van der Waals surface area contributed by atoms with Crippen LogP contribution in [0.3, 0.4) is 0 Å². The van der Waals surface area contributed by atoms with E-state index in [4.69, 9.17) is 71.9 Å². The van der Waals surface area contributed by atoms with Gasteiger partial charge in [0.05, 0.1) is 178 Å². The summed E-state index contributed by atoms with van der Waals surface area (Å²) in [4.78, 5) is 76.2. The number of carbonyl (C=O) groups excluding carboxylic acids is 1. The number of primary amides is 1. The standard InChI is InChI=1S/3C9H9N5O3.2C9H11N5O.2C8H7N5O3.C8H8N2O4.C2H3N.2C2H6O.CH3F.7CH4.2CH3.2Pd/c1-13-9(10-11-12-13)6-4-3-5-7(14(15)16)8(6)17-2;2*1-13-11-9(10-12-13)6-4-3-5-7(14(15)16)8(6)17-2;1-14-9(11-12-13-14)6-4-3-5-7(10)8(6)15-2;1-14-12-9(11-13-14)6-4-3-5-7(10)8(6)15-2;2*1-16-7-5(8-9-11-12-10-8)3-2-4-6(7)13(14)15;1-14-7-5(8(9)11)3-2-4-6(7)10(12)13;3*1-2-3;1-2;;;;;;;;;;;/h3*3-5H,1-2H3;2*3-5H,10H2,1-2H3;2*2-4H,1H3,(H,9,10,11,12);2-4H,1H3,(H2,9,11);1H3;2*3H,2H2,1H3;1H3;7*1H4;2*1H3;;/q;;;;;;;;;;;;;;;;;;;2*-1;;/i;;;;;;;;;;;1D;;;;;;;;;;;. The summed E-state index contributed by atoms with van der Waals surface area (Å²) in [6.07, 6.45) is 0. The van der Waals surface area contributed by atoms with E-state index in [0.29, 0.717) is 68.2 Å². The largest absolute Gasteiger partial charge is 0.494 e. The molecular formula is C85H123FN38O23Pd2-2. The molecule has 0 aliphatic heterocycles. The van der Waals surface area contributed by atoms with Gasteiger partial charge in [0.25, 0.3) is 5.91 Å². The molecule has 0 saturated heterocycles. The number of nitro benzene ring substituents is 6. The number of hydrogen-bond donors (Lipinski definition) is 7. The quantitative estimate of drug-likeness (QED) is 0.0109. The van der Waals surface area contributed by atoms with Crippen LogP contribution in [-0.4, -0.2) is 265 Å². The number of nitrogens with zero attached hydrogens (tertiary/aromatic N) is 33. The summed E-state index contributed by atoms with van der Waals surface area (Å²) >= 11 is 0. The van der Waals surface area contributed by atoms with Gasteiger partial charge < -0.3 is 80.2 Å². The predicted molar refractivity (Wildman–Crippen MR) is 540 cm³/mol. The minimum atomic E-state index is -1.00. The Bertz CT molecular complexity index is 6310. The minimum Gasteiger partial charge on any atom is -0.494 e. The Kier molecular flexibility index (Phi) is 72.9. The van der Waals surface area contributed by atoms with Crippen LogP contribution in [0, 0.1) is 86.9 Å². The van der Waals surface area contributed by atoms with E-state index in [9.17, 15) is 69.9 Å². The van der Waals surface area contributed by atoms with Crippen molar-refractivity contribution in [3.05, 3.63) is 227 Å². The molecule has 149 heavy (non-hydrogen) atoms. The molecular weight excluding hydrogens is 2150 g/mol. The van der Waals surface area contributed by atoms with E-state index in [1.807, 2.05) is 24.3 Å². The van der Waals surface area contributed by atoms with Crippen LogP contribution < -0.4 is 55.1 Å². The van der Waals surface area contributed by atoms with Crippen molar-refractivity contribution >= 4 is 51.4 Å². The molecule has 0 spiro atoms. The number of hydrogen-bond acceptors (Lipinski definition) is 47. The third-order valence-corrected chi connectivity index (χ3v) is 16.3. The first-order valence-corrected chi connectivity index (χ1v) is 38.2. The molecule has 0 aliphatic carbocycles. The molecule has 15 rings (SSSR count). The topological polar surface area (TPSA) is 819 Å². The molecule has 15 aromatic rings. The average Bonchev–Trinajstić information content (AvgIpc) is 1.84. The van der Waals surface area contributed by atoms with Gasteiger partial charge in [-0.2, -0.15) is 30.1 Å². The fraction of sp³-hybridized carbons (Fsp3) is 0.306. The zero-order chi connectivity index (χ0) is 104. The summed E-state index contributed by atoms with van der Waals surface area (Å²) in [5.74, 6) is 3.55. The second-order valence-electron chi connectivity index (χ2n) is 24.8. The molecule has 1 amide bonds. The summed E-state index contributed by atoms with van der Waals surface area (Å²) in [6.45, 7) is 5.29. The number of aryl methyl sites for hydroxylation is 5. The fourth-order valence-corrected chi connectivity index (χ4v) is 10.9. The number of para-hydroxylation sites is 8. The Hall–Kier alpha value is -18.2. The van der Waals surface area contributed by atoms with Gasteiger partial charge in [0.1, 0.15) is 0 Å². The average molecular weight is 2280 g/mol. The molecule has 0 bridgehead atoms. The summed E-state index contributed by atoms with van der Waals surface area (Å²) in [5.41, 5.74) is 20.5. The molecule has 0 aliphatic rings. The van der Waals surface area contributed by atoms with Crippen LogP contribution in [0.4, 0.5) is 49.9 Å². The summed E-state index contributed by atoms with van der Waals surface area (Å²) in [7, 11) is 18.5. The van der Waals surface area contributed by atoms with Crippen LogP contribution >= 0.6 is 0 Å². The number of rotatable bonds is 22. The third-order valence-electron chi connectivity index (χ3n) is 16.3. The number of ether oxygens (including phenoxy) is 8. The molecule has 61 nitrogen and oxygen atoms in total. The monoisotopic (exact) mass is 2280 g/mol. The SMILES string of the molecule is C.C.C.C.C.C.C.CC#N.CCO.CCO.COc1c(-c2nn[nH]n2)cccc1[N+](=O)[O-].COc1c(-c2nn[nH]n2)cccc1[N+](=O)[O-].COc1c(-c2nnn(C)n2)cccc1[N+](=O)[O-].COc1c(-c2nnn(C)n2)cccc1[N+](=O)[O-].COc1c(-c2nnnn2C)cccc1[N+](=O)[O-].COc1c(C(N)=O)cccc1[N+](=O)[O-].COc1c(N)cccc1-c1nnn(C)n1.COc1c(N)cccc1-c1nnnn1C.[2H]CF.[CH3-].[CH3-].[Pd].[Pd]. The van der Waals surface area contributed by atoms with E-state index in [1.54, 1.807) is 135 Å². The summed E-state index contributed by atoms with van der Waals surface area (Å²) in [5, 5.41) is 170. The maximum absolute atomic E-state index is 10.9. The van der Waals surface area contributed by atoms with E-state index in [-0.39, 0.29) is 218 Å². The molecule has 8 aromatic carbocycles. The Balaban J connectivity index is -0.000000249. The van der Waals surface area contributed by atoms with Gasteiger partial charge in [-0.1, -0.05) is 101 Å². The van der Waals surface area contributed by atoms with E-state index in [2.05, 4.69) is 119 Å². The number of benzene rings is 8. The molecule has 0 saturated carbocycles. The number of nitriles is 1. The van der Waals surface area contributed by atoms with E-state index >= 15 is 0 Å². The van der Waals surface area contributed by atoms with Crippen LogP contribution in [-0.2, 0) is 76.1 Å². The number of tetrazole rings is 7. The van der Waals surface area contributed by atoms with Crippen molar-refractivity contribution in [1.82, 2.24) is 142 Å². The van der Waals surface area contributed by atoms with E-state index < -0.39 is 42.6 Å². The van der Waals surface area contributed by atoms with Gasteiger partial charge in [0, 0.05) is 111 Å². The predicted octanol–water partition coefficient (Wildman–Crippen LogP) is 12.0. The summed E-state index contributed by atoms with van der Waals surface area (Å²) in [6, 6.07) is 39.3. The number of amides is 1. The van der Waals surface area contributed by atoms with Crippen LogP contribution in [0.25, 0.3) is 79.7 Å². The number of nitrogens with two attached hydrogens (primary N) is 3. The molecule has 0 radical (unpaired) electrons. The van der Waals surface area contributed by atoms with Crippen LogP contribution in [0.15, 0.2) is 146 Å². The fourth-order valence-electron chi connectivity index (χ4n) is 10.9. The number of nitro groups is 6. The number of anilines is 2. The van der Waals surface area contributed by atoms with Crippen molar-refractivity contribution < 1.29 is 129 Å². The van der Waals surface area contributed by atoms with E-state index in [1.165, 1.54) is 129 Å². The van der Waals surface area contributed by atoms with Gasteiger partial charge in [0.15, 0.2) is 23.1 Å². The first-order chi connectivity index (χ1) is 66.6. The Morgan fingerprint density at radius 3 is 0.805 bits per heavy atom. The molecule has 0 atom stereocenters. The van der Waals surface area contributed by atoms with Crippen molar-refractivity contribution in [3.8, 4) is 132 Å². The van der Waals surface area contributed by atoms with Crippen LogP contribution in [0.2, 0.25) is 0 Å². The molecule has 0 fully saturated rings. The number of alkyl halides is 1. The zero-order valence-electron chi connectivity index (χ0n) is 79.4. The Morgan fingerprint density at radius 2 is 0.597 bits per heavy atom. The Morgan fingerprint density at radius 1 is 0.389 bits per heavy atom. The normalized spacial score (nSPS) is 9.05. The van der Waals surface area contributed by atoms with Gasteiger partial charge in [0.2, 0.25) is 63.6 Å². The second kappa shape index (κ2) is 75.6. The second-order valence-corrected chi connectivity index (χ2v) is 24.8. The van der Waals surface area contributed by atoms with Gasteiger partial charge in [-0.15, -0.1) is 61.2 Å². The molecule has 10 N–H and O–H groups in total. The number of nitrogens with one attached hydrogen (secondary N) is 2. The summed E-state index contributed by atoms with van der Waals surface area (Å²) < 4.78 is 58.8. The van der Waals surface area contributed by atoms with Gasteiger partial charge >= 0.3 is 34.1 Å². The first-order valence-electron chi connectivity index (χ1n) is 38.9. The third kappa shape index (κ3) is 41.2. The van der Waals surface area contributed by atoms with Crippen molar-refractivity contribution in [3.63, 3.8) is 0 Å². The molecule has 0 unspecified atom stereocenters. The van der Waals surface area contributed by atoms with Crippen molar-refractivity contribution in [2.75, 3.05) is 88.7 Å². The number of halogens is 1. The van der Waals surface area contributed by atoms with Crippen LogP contribution in [0.1, 0.15) is 84.5 Å². The number of carbonyl (C=O) groups is 1. The number of aliphatic hydroxyl groups excluding tert-OH is 2. The van der Waals surface area contributed by atoms with Crippen molar-refractivity contribution in [2.24, 2.45) is 41.0 Å². The van der Waals surface area contributed by atoms with Gasteiger partial charge in [-0.25, -0.2) is 9.36 Å². The molecule has 64 heteroatoms. The number of aromatic nitrogens is 28. The molecule has 7 aromatic heterocycles. The Labute approximate surface area is 884 Å². The number of aliphatic hydroxyl groups is 2. The van der Waals surface area contributed by atoms with Gasteiger partial charge in [-0.3, -0.25) is 69.9 Å². The number of aromatic amines is 2. The van der Waals surface area contributed by atoms with Crippen LogP contribution in [0.5, 0.6) is 46.0 Å². The maximum atomic E-state index is 10.9. The first kappa shape index (κ1) is 144. The maximum Gasteiger partial charge on any atom is 0.311 e. The minimum absolute atomic E-state index is 0. The molecule has 7 heterocycles. The number of methoxy groups -OCH3 is 8. The molecule has 820 valence electrons. The van der Waals surface area contributed by atoms with Gasteiger partial charge in [-0.05, 0) is 121 Å². The van der Waals surface area contributed by atoms with Crippen molar-refractivity contribution in [2.45, 2.75) is 72.8 Å².